The van der Waals surface area contributed by atoms with Gasteiger partial charge in [0.15, 0.2) is 6.61 Å². The van der Waals surface area contributed by atoms with Crippen LogP contribution in [0.2, 0.25) is 0 Å². The Hall–Kier alpha value is -1.40. The maximum atomic E-state index is 13.4. The Morgan fingerprint density at radius 3 is 2.44 bits per heavy atom. The van der Waals surface area contributed by atoms with Crippen LogP contribution >= 0.6 is 0 Å². The molecule has 1 aromatic carbocycles. The quantitative estimate of drug-likeness (QED) is 0.648. The van der Waals surface area contributed by atoms with Crippen molar-refractivity contribution in [2.75, 3.05) is 6.61 Å². The second kappa shape index (κ2) is 3.80. The van der Waals surface area contributed by atoms with Gasteiger partial charge >= 0.3 is 6.18 Å². The lowest BCUT2D eigenvalue weighted by atomic mass is 9.87. The molecule has 1 nitrogen and oxygen atoms in total. The molecule has 1 aliphatic heterocycles. The molecule has 0 aliphatic carbocycles. The molecule has 2 rings (SSSR count). The Balaban J connectivity index is 2.70. The number of halogens is 6. The molecule has 18 heavy (non-hydrogen) atoms. The van der Waals surface area contributed by atoms with Crippen LogP contribution in [0.1, 0.15) is 24.0 Å². The zero-order valence-electron chi connectivity index (χ0n) is 9.12. The number of ether oxygens (including phenoxy) is 1. The summed E-state index contributed by atoms with van der Waals surface area (Å²) >= 11 is 0. The minimum absolute atomic E-state index is 0.345. The highest BCUT2D eigenvalue weighted by molar-refractivity contribution is 5.47. The minimum atomic E-state index is -5.04. The molecule has 0 saturated carbocycles. The summed E-state index contributed by atoms with van der Waals surface area (Å²) in [5.74, 6) is -7.13. The van der Waals surface area contributed by atoms with E-state index in [1.54, 1.807) is 0 Å². The van der Waals surface area contributed by atoms with Crippen LogP contribution in [-0.2, 0) is 6.18 Å². The van der Waals surface area contributed by atoms with Crippen LogP contribution in [-0.4, -0.2) is 12.5 Å². The average molecular weight is 270 g/mol. The first-order chi connectivity index (χ1) is 8.14. The number of fused-ring (bicyclic) bond motifs is 1. The first-order valence-electron chi connectivity index (χ1n) is 5.05. The van der Waals surface area contributed by atoms with E-state index in [1.807, 2.05) is 0 Å². The van der Waals surface area contributed by atoms with Crippen LogP contribution in [0.4, 0.5) is 26.3 Å². The number of hydrogen-bond donors (Lipinski definition) is 0. The van der Waals surface area contributed by atoms with Crippen LogP contribution in [0.25, 0.3) is 0 Å². The third kappa shape index (κ3) is 1.91. The molecule has 7 heteroatoms. The maximum Gasteiger partial charge on any atom is 0.419 e. The van der Waals surface area contributed by atoms with Gasteiger partial charge in [0.25, 0.3) is 5.92 Å². The van der Waals surface area contributed by atoms with Crippen molar-refractivity contribution in [2.45, 2.75) is 24.9 Å². The largest absolute Gasteiger partial charge is 0.487 e. The number of benzene rings is 1. The van der Waals surface area contributed by atoms with E-state index in [0.29, 0.717) is 6.07 Å². The van der Waals surface area contributed by atoms with Crippen molar-refractivity contribution >= 4 is 0 Å². The minimum Gasteiger partial charge on any atom is -0.487 e. The highest BCUT2D eigenvalue weighted by Crippen LogP contribution is 2.48. The van der Waals surface area contributed by atoms with Gasteiger partial charge in [-0.05, 0) is 12.1 Å². The van der Waals surface area contributed by atoms with Gasteiger partial charge in [-0.2, -0.15) is 13.2 Å². The summed E-state index contributed by atoms with van der Waals surface area (Å²) in [5, 5.41) is 0. The van der Waals surface area contributed by atoms with Gasteiger partial charge in [-0.1, -0.05) is 6.92 Å². The summed E-state index contributed by atoms with van der Waals surface area (Å²) in [7, 11) is 0. The van der Waals surface area contributed by atoms with E-state index >= 15 is 0 Å². The van der Waals surface area contributed by atoms with Gasteiger partial charge in [0.1, 0.15) is 11.6 Å². The number of alkyl halides is 5. The summed E-state index contributed by atoms with van der Waals surface area (Å²) in [4.78, 5) is 0. The third-order valence-electron chi connectivity index (χ3n) is 2.92. The van der Waals surface area contributed by atoms with Crippen molar-refractivity contribution in [2.24, 2.45) is 0 Å². The molecule has 0 spiro atoms. The monoisotopic (exact) mass is 270 g/mol. The summed E-state index contributed by atoms with van der Waals surface area (Å²) in [6.07, 6.45) is -5.04. The SMILES string of the molecule is CC1c2c(ccc(F)c2C(F)(F)F)OCC1(F)F. The first kappa shape index (κ1) is 13.0. The Labute approximate surface area is 98.4 Å². The smallest absolute Gasteiger partial charge is 0.419 e. The molecule has 1 unspecified atom stereocenters. The molecule has 1 atom stereocenters. The lowest BCUT2D eigenvalue weighted by Crippen LogP contribution is -2.37. The fourth-order valence-electron chi connectivity index (χ4n) is 1.93. The maximum absolute atomic E-state index is 13.4. The van der Waals surface area contributed by atoms with Gasteiger partial charge in [0.05, 0.1) is 11.5 Å². The highest BCUT2D eigenvalue weighted by atomic mass is 19.4. The lowest BCUT2D eigenvalue weighted by molar-refractivity contribution is -0.143. The normalized spacial score (nSPS) is 22.3. The van der Waals surface area contributed by atoms with Gasteiger partial charge in [0.2, 0.25) is 0 Å². The molecular weight excluding hydrogens is 262 g/mol. The molecule has 100 valence electrons. The van der Waals surface area contributed by atoms with Crippen molar-refractivity contribution < 1.29 is 31.1 Å². The van der Waals surface area contributed by atoms with Crippen molar-refractivity contribution in [3.05, 3.63) is 29.1 Å². The van der Waals surface area contributed by atoms with Gasteiger partial charge in [-0.3, -0.25) is 0 Å². The van der Waals surface area contributed by atoms with Crippen LogP contribution in [0, 0.1) is 5.82 Å². The first-order valence-corrected chi connectivity index (χ1v) is 5.05. The van der Waals surface area contributed by atoms with Gasteiger partial charge in [-0.25, -0.2) is 13.2 Å². The van der Waals surface area contributed by atoms with E-state index in [1.165, 1.54) is 0 Å². The van der Waals surface area contributed by atoms with Crippen LogP contribution in [0.15, 0.2) is 12.1 Å². The molecule has 0 N–H and O–H groups in total. The molecule has 0 fully saturated rings. The fraction of sp³-hybridized carbons (Fsp3) is 0.455. The molecular formula is C11H8F6O. The van der Waals surface area contributed by atoms with Crippen molar-refractivity contribution in [3.8, 4) is 5.75 Å². The van der Waals surface area contributed by atoms with Crippen molar-refractivity contribution in [3.63, 3.8) is 0 Å². The molecule has 1 aromatic rings. The Bertz CT molecular complexity index is 479. The Morgan fingerprint density at radius 1 is 1.28 bits per heavy atom. The Kier molecular flexibility index (Phi) is 2.75. The lowest BCUT2D eigenvalue weighted by Gasteiger charge is -2.33. The Morgan fingerprint density at radius 2 is 1.89 bits per heavy atom. The summed E-state index contributed by atoms with van der Waals surface area (Å²) in [6, 6.07) is 1.50. The average Bonchev–Trinajstić information content (AvgIpc) is 2.22. The molecule has 1 heterocycles. The predicted molar refractivity (Wildman–Crippen MR) is 50.3 cm³/mol. The topological polar surface area (TPSA) is 9.23 Å². The molecule has 0 bridgehead atoms. The number of rotatable bonds is 0. The van der Waals surface area contributed by atoms with E-state index in [4.69, 9.17) is 0 Å². The summed E-state index contributed by atoms with van der Waals surface area (Å²) in [6.45, 7) is -0.0832. The van der Waals surface area contributed by atoms with E-state index in [9.17, 15) is 26.3 Å². The van der Waals surface area contributed by atoms with Crippen LogP contribution in [0.3, 0.4) is 0 Å². The van der Waals surface area contributed by atoms with Crippen LogP contribution in [0.5, 0.6) is 5.75 Å². The fourth-order valence-corrected chi connectivity index (χ4v) is 1.93. The van der Waals surface area contributed by atoms with E-state index in [2.05, 4.69) is 4.74 Å². The van der Waals surface area contributed by atoms with Crippen molar-refractivity contribution in [1.82, 2.24) is 0 Å². The van der Waals surface area contributed by atoms with E-state index < -0.39 is 41.6 Å². The summed E-state index contributed by atoms with van der Waals surface area (Å²) in [5.41, 5.74) is -2.49. The highest BCUT2D eigenvalue weighted by Gasteiger charge is 2.49. The molecule has 1 aliphatic rings. The van der Waals surface area contributed by atoms with E-state index in [0.717, 1.165) is 13.0 Å². The number of hydrogen-bond acceptors (Lipinski definition) is 1. The second-order valence-electron chi connectivity index (χ2n) is 4.10. The van der Waals surface area contributed by atoms with E-state index in [-0.39, 0.29) is 5.75 Å². The zero-order valence-corrected chi connectivity index (χ0v) is 9.12. The molecule has 0 saturated heterocycles. The van der Waals surface area contributed by atoms with Gasteiger partial charge in [-0.15, -0.1) is 0 Å². The predicted octanol–water partition coefficient (Wildman–Crippen LogP) is 3.98. The van der Waals surface area contributed by atoms with Crippen LogP contribution < -0.4 is 4.74 Å². The second-order valence-corrected chi connectivity index (χ2v) is 4.10. The molecule has 0 aromatic heterocycles. The molecule has 0 radical (unpaired) electrons. The third-order valence-corrected chi connectivity index (χ3v) is 2.92. The van der Waals surface area contributed by atoms with Gasteiger partial charge in [0, 0.05) is 5.56 Å². The van der Waals surface area contributed by atoms with Gasteiger partial charge < -0.3 is 4.74 Å². The summed E-state index contributed by atoms with van der Waals surface area (Å²) < 4.78 is 82.7. The zero-order chi connectivity index (χ0) is 13.7. The van der Waals surface area contributed by atoms with Crippen molar-refractivity contribution in [1.29, 1.82) is 0 Å². The standard InChI is InChI=1S/C11H8F6O/c1-5-8-7(18-4-10(5,13)14)3-2-6(12)9(8)11(15,16)17/h2-3,5H,4H2,1H3. The molecule has 0 amide bonds.